The van der Waals surface area contributed by atoms with Crippen molar-refractivity contribution in [1.82, 2.24) is 0 Å². The van der Waals surface area contributed by atoms with Gasteiger partial charge in [0.1, 0.15) is 5.69 Å². The molecule has 1 saturated heterocycles. The van der Waals surface area contributed by atoms with Gasteiger partial charge < -0.3 is 15.4 Å². The number of ether oxygens (including phenoxy) is 1. The molecular weight excluding hydrogens is 277 g/mol. The van der Waals surface area contributed by atoms with E-state index in [1.165, 1.54) is 13.2 Å². The van der Waals surface area contributed by atoms with E-state index in [-0.39, 0.29) is 17.5 Å². The highest BCUT2D eigenvalue weighted by atomic mass is 19.1. The Labute approximate surface area is 122 Å². The lowest BCUT2D eigenvalue weighted by molar-refractivity contribution is -0.384. The van der Waals surface area contributed by atoms with E-state index in [9.17, 15) is 14.5 Å². The van der Waals surface area contributed by atoms with Crippen LogP contribution in [-0.4, -0.2) is 31.2 Å². The van der Waals surface area contributed by atoms with Gasteiger partial charge >= 0.3 is 0 Å². The van der Waals surface area contributed by atoms with Gasteiger partial charge in [-0.25, -0.2) is 4.39 Å². The molecule has 2 atom stereocenters. The molecule has 0 aliphatic carbocycles. The predicted octanol–water partition coefficient (Wildman–Crippen LogP) is 2.31. The molecule has 0 aromatic heterocycles. The highest BCUT2D eigenvalue weighted by Crippen LogP contribution is 2.38. The van der Waals surface area contributed by atoms with Crippen LogP contribution < -0.4 is 15.4 Å². The van der Waals surface area contributed by atoms with Gasteiger partial charge in [0.15, 0.2) is 11.6 Å². The third-order valence-electron chi connectivity index (χ3n) is 4.01. The summed E-state index contributed by atoms with van der Waals surface area (Å²) in [5, 5.41) is 11.2. The number of anilines is 1. The Kier molecular flexibility index (Phi) is 4.62. The lowest BCUT2D eigenvalue weighted by Gasteiger charge is -2.39. The van der Waals surface area contributed by atoms with E-state index in [0.717, 1.165) is 18.9 Å². The Hall–Kier alpha value is -1.89. The molecule has 0 radical (unpaired) electrons. The second-order valence-electron chi connectivity index (χ2n) is 5.45. The maximum atomic E-state index is 13.7. The molecule has 2 rings (SSSR count). The van der Waals surface area contributed by atoms with Gasteiger partial charge in [0, 0.05) is 25.2 Å². The lowest BCUT2D eigenvalue weighted by Crippen LogP contribution is -2.46. The van der Waals surface area contributed by atoms with Crippen molar-refractivity contribution in [1.29, 1.82) is 0 Å². The zero-order chi connectivity index (χ0) is 15.6. The lowest BCUT2D eigenvalue weighted by atomic mass is 9.91. The molecule has 1 aliphatic rings. The molecule has 0 spiro atoms. The van der Waals surface area contributed by atoms with Gasteiger partial charge in [0.05, 0.1) is 18.1 Å². The number of nitro benzene ring substituents is 1. The third-order valence-corrected chi connectivity index (χ3v) is 4.01. The zero-order valence-electron chi connectivity index (χ0n) is 12.2. The first-order chi connectivity index (χ1) is 9.97. The standard InChI is InChI=1S/C14H20FN3O3/c1-9-3-4-17(10(5-9)8-16)12-7-14(21-2)11(15)6-13(12)18(19)20/h6-7,9-10H,3-5,8,16H2,1-2H3. The average Bonchev–Trinajstić information content (AvgIpc) is 2.47. The summed E-state index contributed by atoms with van der Waals surface area (Å²) in [5.41, 5.74) is 5.93. The molecule has 21 heavy (non-hydrogen) atoms. The van der Waals surface area contributed by atoms with E-state index in [4.69, 9.17) is 10.5 Å². The van der Waals surface area contributed by atoms with E-state index in [2.05, 4.69) is 6.92 Å². The first-order valence-corrected chi connectivity index (χ1v) is 6.96. The summed E-state index contributed by atoms with van der Waals surface area (Å²) in [6.45, 7) is 3.21. The molecule has 116 valence electrons. The number of nitrogens with zero attached hydrogens (tertiary/aromatic N) is 2. The maximum Gasteiger partial charge on any atom is 0.295 e. The summed E-state index contributed by atoms with van der Waals surface area (Å²) in [6.07, 6.45) is 1.79. The van der Waals surface area contributed by atoms with Crippen molar-refractivity contribution in [3.8, 4) is 5.75 Å². The van der Waals surface area contributed by atoms with Crippen LogP contribution in [0, 0.1) is 21.8 Å². The summed E-state index contributed by atoms with van der Waals surface area (Å²) in [6, 6.07) is 2.33. The van der Waals surface area contributed by atoms with Gasteiger partial charge in [0.25, 0.3) is 5.69 Å². The highest BCUT2D eigenvalue weighted by Gasteiger charge is 2.31. The van der Waals surface area contributed by atoms with Crippen molar-refractivity contribution in [2.45, 2.75) is 25.8 Å². The molecule has 2 N–H and O–H groups in total. The predicted molar refractivity (Wildman–Crippen MR) is 78.2 cm³/mol. The minimum Gasteiger partial charge on any atom is -0.494 e. The zero-order valence-corrected chi connectivity index (χ0v) is 12.2. The summed E-state index contributed by atoms with van der Waals surface area (Å²) in [5.74, 6) is -0.205. The summed E-state index contributed by atoms with van der Waals surface area (Å²) < 4.78 is 18.7. The van der Waals surface area contributed by atoms with Crippen LogP contribution in [-0.2, 0) is 0 Å². The van der Waals surface area contributed by atoms with Crippen molar-refractivity contribution in [2.75, 3.05) is 25.1 Å². The summed E-state index contributed by atoms with van der Waals surface area (Å²) >= 11 is 0. The van der Waals surface area contributed by atoms with Crippen molar-refractivity contribution in [3.63, 3.8) is 0 Å². The quantitative estimate of drug-likeness (QED) is 0.681. The van der Waals surface area contributed by atoms with E-state index >= 15 is 0 Å². The molecule has 1 aromatic carbocycles. The largest absolute Gasteiger partial charge is 0.494 e. The number of nitro groups is 1. The molecule has 6 nitrogen and oxygen atoms in total. The summed E-state index contributed by atoms with van der Waals surface area (Å²) in [7, 11) is 1.34. The fraction of sp³-hybridized carbons (Fsp3) is 0.571. The van der Waals surface area contributed by atoms with Crippen molar-refractivity contribution in [2.24, 2.45) is 11.7 Å². The Balaban J connectivity index is 2.47. The second kappa shape index (κ2) is 6.26. The number of hydrogen-bond donors (Lipinski definition) is 1. The molecule has 1 aliphatic heterocycles. The van der Waals surface area contributed by atoms with Crippen LogP contribution in [0.3, 0.4) is 0 Å². The molecule has 7 heteroatoms. The summed E-state index contributed by atoms with van der Waals surface area (Å²) in [4.78, 5) is 12.6. The van der Waals surface area contributed by atoms with Crippen LogP contribution in [0.5, 0.6) is 5.75 Å². The van der Waals surface area contributed by atoms with Crippen LogP contribution in [0.4, 0.5) is 15.8 Å². The Morgan fingerprint density at radius 2 is 2.29 bits per heavy atom. The topological polar surface area (TPSA) is 81.6 Å². The van der Waals surface area contributed by atoms with E-state index in [1.807, 2.05) is 4.90 Å². The molecule has 1 fully saturated rings. The first-order valence-electron chi connectivity index (χ1n) is 6.96. The van der Waals surface area contributed by atoms with Crippen LogP contribution in [0.2, 0.25) is 0 Å². The van der Waals surface area contributed by atoms with Gasteiger partial charge in [-0.3, -0.25) is 10.1 Å². The maximum absolute atomic E-state index is 13.7. The number of rotatable bonds is 4. The number of piperidine rings is 1. The number of benzene rings is 1. The molecule has 0 saturated carbocycles. The highest BCUT2D eigenvalue weighted by molar-refractivity contribution is 5.67. The van der Waals surface area contributed by atoms with Crippen molar-refractivity contribution >= 4 is 11.4 Å². The smallest absolute Gasteiger partial charge is 0.295 e. The molecule has 2 unspecified atom stereocenters. The first kappa shape index (κ1) is 15.5. The number of halogens is 1. The molecule has 0 bridgehead atoms. The Morgan fingerprint density at radius 3 is 2.86 bits per heavy atom. The molecule has 0 amide bonds. The fourth-order valence-electron chi connectivity index (χ4n) is 2.86. The van der Waals surface area contributed by atoms with Crippen LogP contribution in [0.1, 0.15) is 19.8 Å². The number of methoxy groups -OCH3 is 1. The minimum atomic E-state index is -0.734. The van der Waals surface area contributed by atoms with Crippen LogP contribution in [0.25, 0.3) is 0 Å². The third kappa shape index (κ3) is 3.07. The van der Waals surface area contributed by atoms with E-state index in [0.29, 0.717) is 24.7 Å². The molecule has 1 aromatic rings. The SMILES string of the molecule is COc1cc(N2CCC(C)CC2CN)c([N+](=O)[O-])cc1F. The van der Waals surface area contributed by atoms with Crippen molar-refractivity contribution < 1.29 is 14.1 Å². The van der Waals surface area contributed by atoms with Gasteiger partial charge in [-0.15, -0.1) is 0 Å². The van der Waals surface area contributed by atoms with Crippen LogP contribution >= 0.6 is 0 Å². The Morgan fingerprint density at radius 1 is 1.57 bits per heavy atom. The minimum absolute atomic E-state index is 0.00462. The molecule has 1 heterocycles. The van der Waals surface area contributed by atoms with Gasteiger partial charge in [-0.2, -0.15) is 0 Å². The van der Waals surface area contributed by atoms with E-state index < -0.39 is 10.7 Å². The van der Waals surface area contributed by atoms with E-state index in [1.54, 1.807) is 0 Å². The number of hydrogen-bond acceptors (Lipinski definition) is 5. The average molecular weight is 297 g/mol. The molecular formula is C14H20FN3O3. The monoisotopic (exact) mass is 297 g/mol. The second-order valence-corrected chi connectivity index (χ2v) is 5.45. The van der Waals surface area contributed by atoms with Crippen LogP contribution in [0.15, 0.2) is 12.1 Å². The van der Waals surface area contributed by atoms with Crippen molar-refractivity contribution in [3.05, 3.63) is 28.1 Å². The van der Waals surface area contributed by atoms with Gasteiger partial charge in [0.2, 0.25) is 0 Å². The number of nitrogens with two attached hydrogens (primary N) is 1. The fourth-order valence-corrected chi connectivity index (χ4v) is 2.86. The van der Waals surface area contributed by atoms with Gasteiger partial charge in [-0.1, -0.05) is 6.92 Å². The normalized spacial score (nSPS) is 22.2. The van der Waals surface area contributed by atoms with Gasteiger partial charge in [-0.05, 0) is 18.8 Å². The Bertz CT molecular complexity index is 538.